The highest BCUT2D eigenvalue weighted by atomic mass is 35.5. The normalized spacial score (nSPS) is 11.5. The molecule has 0 amide bonds. The lowest BCUT2D eigenvalue weighted by atomic mass is 10.1. The van der Waals surface area contributed by atoms with Gasteiger partial charge in [0.05, 0.1) is 0 Å². The molecule has 0 spiro atoms. The third kappa shape index (κ3) is 3.40. The van der Waals surface area contributed by atoms with Gasteiger partial charge in [0.15, 0.2) is 0 Å². The Labute approximate surface area is 96.4 Å². The molecule has 0 aliphatic rings. The van der Waals surface area contributed by atoms with Gasteiger partial charge < -0.3 is 10.5 Å². The van der Waals surface area contributed by atoms with Crippen molar-refractivity contribution < 1.29 is 4.74 Å². The van der Waals surface area contributed by atoms with Crippen molar-refractivity contribution in [3.63, 3.8) is 0 Å². The van der Waals surface area contributed by atoms with Gasteiger partial charge in [0.2, 0.25) is 0 Å². The number of halogens is 1. The highest BCUT2D eigenvalue weighted by Crippen LogP contribution is 2.25. The Morgan fingerprint density at radius 1 is 1.40 bits per heavy atom. The number of benzene rings is 1. The maximum atomic E-state index is 6.02. The predicted molar refractivity (Wildman–Crippen MR) is 64.6 cm³/mol. The van der Waals surface area contributed by atoms with E-state index in [4.69, 9.17) is 22.1 Å². The van der Waals surface area contributed by atoms with Crippen LogP contribution in [0.4, 0.5) is 0 Å². The Bertz CT molecular complexity index is 336. The minimum atomic E-state index is -0.334. The number of ether oxygens (including phenoxy) is 1. The monoisotopic (exact) mass is 227 g/mol. The van der Waals surface area contributed by atoms with E-state index in [1.165, 1.54) is 0 Å². The summed E-state index contributed by atoms with van der Waals surface area (Å²) in [5.41, 5.74) is 6.37. The Kier molecular flexibility index (Phi) is 4.00. The maximum Gasteiger partial charge on any atom is 0.120 e. The minimum Gasteiger partial charge on any atom is -0.487 e. The minimum absolute atomic E-state index is 0.334. The van der Waals surface area contributed by atoms with E-state index in [1.807, 2.05) is 32.0 Å². The van der Waals surface area contributed by atoms with E-state index in [1.54, 1.807) is 0 Å². The molecule has 1 rings (SSSR count). The van der Waals surface area contributed by atoms with Crippen molar-refractivity contribution in [1.82, 2.24) is 0 Å². The number of hydrogen-bond acceptors (Lipinski definition) is 2. The Hall–Kier alpha value is -0.730. The van der Waals surface area contributed by atoms with Gasteiger partial charge in [0.1, 0.15) is 11.4 Å². The number of nitrogens with two attached hydrogens (primary N) is 1. The summed E-state index contributed by atoms with van der Waals surface area (Å²) in [6.45, 7) is 6.48. The van der Waals surface area contributed by atoms with Crippen LogP contribution in [0.5, 0.6) is 5.75 Å². The van der Waals surface area contributed by atoms with E-state index in [0.717, 1.165) is 22.8 Å². The van der Waals surface area contributed by atoms with Crippen molar-refractivity contribution >= 4 is 11.6 Å². The lowest BCUT2D eigenvalue weighted by Crippen LogP contribution is -2.37. The summed E-state index contributed by atoms with van der Waals surface area (Å²) in [5.74, 6) is 0.826. The van der Waals surface area contributed by atoms with Crippen molar-refractivity contribution in [2.45, 2.75) is 32.8 Å². The summed E-state index contributed by atoms with van der Waals surface area (Å²) in [6.07, 6.45) is 0.902. The second kappa shape index (κ2) is 4.86. The third-order valence-corrected chi connectivity index (χ3v) is 2.65. The van der Waals surface area contributed by atoms with Gasteiger partial charge in [0.25, 0.3) is 0 Å². The molecule has 2 N–H and O–H groups in total. The summed E-state index contributed by atoms with van der Waals surface area (Å²) in [4.78, 5) is 0. The average molecular weight is 228 g/mol. The van der Waals surface area contributed by atoms with Gasteiger partial charge in [-0.15, -0.1) is 0 Å². The molecule has 0 atom stereocenters. The van der Waals surface area contributed by atoms with E-state index in [-0.39, 0.29) is 5.60 Å². The van der Waals surface area contributed by atoms with E-state index < -0.39 is 0 Å². The summed E-state index contributed by atoms with van der Waals surface area (Å²) in [6, 6.07) is 5.71. The van der Waals surface area contributed by atoms with Crippen molar-refractivity contribution in [2.75, 3.05) is 6.54 Å². The standard InChI is InChI=1S/C12H18ClNO/c1-4-9-7-10(5-6-11(9)13)15-12(2,3)8-14/h5-7H,4,8,14H2,1-3H3. The molecule has 2 nitrogen and oxygen atoms in total. The molecule has 0 fully saturated rings. The molecule has 0 unspecified atom stereocenters. The van der Waals surface area contributed by atoms with Crippen molar-refractivity contribution in [2.24, 2.45) is 5.73 Å². The zero-order chi connectivity index (χ0) is 11.5. The Morgan fingerprint density at radius 3 is 2.60 bits per heavy atom. The number of aryl methyl sites for hydroxylation is 1. The van der Waals surface area contributed by atoms with Crippen molar-refractivity contribution in [3.8, 4) is 5.75 Å². The van der Waals surface area contributed by atoms with Crippen LogP contribution < -0.4 is 10.5 Å². The molecule has 0 aliphatic carbocycles. The quantitative estimate of drug-likeness (QED) is 0.858. The molecular weight excluding hydrogens is 210 g/mol. The SMILES string of the molecule is CCc1cc(OC(C)(C)CN)ccc1Cl. The van der Waals surface area contributed by atoms with E-state index >= 15 is 0 Å². The molecule has 0 aromatic heterocycles. The Balaban J connectivity index is 2.87. The lowest BCUT2D eigenvalue weighted by molar-refractivity contribution is 0.118. The van der Waals surface area contributed by atoms with Gasteiger partial charge >= 0.3 is 0 Å². The second-order valence-electron chi connectivity index (χ2n) is 4.17. The first-order valence-electron chi connectivity index (χ1n) is 5.16. The first kappa shape index (κ1) is 12.3. The van der Waals surface area contributed by atoms with Crippen LogP contribution in [0.3, 0.4) is 0 Å². The van der Waals surface area contributed by atoms with Gasteiger partial charge in [-0.1, -0.05) is 18.5 Å². The van der Waals surface area contributed by atoms with Crippen LogP contribution in [0.1, 0.15) is 26.3 Å². The first-order chi connectivity index (χ1) is 6.98. The molecule has 0 heterocycles. The fourth-order valence-electron chi connectivity index (χ4n) is 1.25. The van der Waals surface area contributed by atoms with E-state index in [2.05, 4.69) is 6.92 Å². The zero-order valence-corrected chi connectivity index (χ0v) is 10.3. The topological polar surface area (TPSA) is 35.2 Å². The molecule has 0 bridgehead atoms. The van der Waals surface area contributed by atoms with Crippen LogP contribution in [0.15, 0.2) is 18.2 Å². The van der Waals surface area contributed by atoms with Gasteiger partial charge in [-0.2, -0.15) is 0 Å². The number of rotatable bonds is 4. The number of hydrogen-bond donors (Lipinski definition) is 1. The highest BCUT2D eigenvalue weighted by Gasteiger charge is 2.17. The van der Waals surface area contributed by atoms with E-state index in [0.29, 0.717) is 6.54 Å². The molecule has 0 saturated heterocycles. The van der Waals surface area contributed by atoms with Crippen LogP contribution >= 0.6 is 11.6 Å². The summed E-state index contributed by atoms with van der Waals surface area (Å²) in [7, 11) is 0. The highest BCUT2D eigenvalue weighted by molar-refractivity contribution is 6.31. The first-order valence-corrected chi connectivity index (χ1v) is 5.54. The molecule has 15 heavy (non-hydrogen) atoms. The second-order valence-corrected chi connectivity index (χ2v) is 4.58. The molecule has 0 radical (unpaired) electrons. The van der Waals surface area contributed by atoms with Crippen LogP contribution in [0.25, 0.3) is 0 Å². The van der Waals surface area contributed by atoms with Crippen LogP contribution in [-0.4, -0.2) is 12.1 Å². The van der Waals surface area contributed by atoms with Gasteiger partial charge in [-0.3, -0.25) is 0 Å². The predicted octanol–water partition coefficient (Wildman–Crippen LogP) is 3.02. The van der Waals surface area contributed by atoms with Crippen molar-refractivity contribution in [3.05, 3.63) is 28.8 Å². The van der Waals surface area contributed by atoms with Crippen molar-refractivity contribution in [1.29, 1.82) is 0 Å². The molecule has 1 aromatic rings. The summed E-state index contributed by atoms with van der Waals surface area (Å²) in [5, 5.41) is 0.787. The Morgan fingerprint density at radius 2 is 2.07 bits per heavy atom. The smallest absolute Gasteiger partial charge is 0.120 e. The van der Waals surface area contributed by atoms with Gasteiger partial charge in [0, 0.05) is 11.6 Å². The van der Waals surface area contributed by atoms with Gasteiger partial charge in [-0.25, -0.2) is 0 Å². The molecule has 84 valence electrons. The largest absolute Gasteiger partial charge is 0.487 e. The molecule has 0 aliphatic heterocycles. The molecule has 3 heteroatoms. The summed E-state index contributed by atoms with van der Waals surface area (Å²) >= 11 is 6.02. The fourth-order valence-corrected chi connectivity index (χ4v) is 1.50. The van der Waals surface area contributed by atoms with Crippen LogP contribution in [-0.2, 0) is 6.42 Å². The van der Waals surface area contributed by atoms with Crippen LogP contribution in [0.2, 0.25) is 5.02 Å². The summed E-state index contributed by atoms with van der Waals surface area (Å²) < 4.78 is 5.76. The molecule has 1 aromatic carbocycles. The van der Waals surface area contributed by atoms with Crippen LogP contribution in [0, 0.1) is 0 Å². The fraction of sp³-hybridized carbons (Fsp3) is 0.500. The van der Waals surface area contributed by atoms with Gasteiger partial charge in [-0.05, 0) is 44.0 Å². The maximum absolute atomic E-state index is 6.02. The van der Waals surface area contributed by atoms with E-state index in [9.17, 15) is 0 Å². The molecular formula is C12H18ClNO. The third-order valence-electron chi connectivity index (χ3n) is 2.28. The average Bonchev–Trinajstić information content (AvgIpc) is 2.20. The molecule has 0 saturated carbocycles. The lowest BCUT2D eigenvalue weighted by Gasteiger charge is -2.25. The zero-order valence-electron chi connectivity index (χ0n) is 9.51.